The number of carbonyl (C=O) groups excluding carboxylic acids is 2. The molecule has 4 saturated carbocycles. The summed E-state index contributed by atoms with van der Waals surface area (Å²) >= 11 is 0. The van der Waals surface area contributed by atoms with E-state index < -0.39 is 29.2 Å². The third-order valence-electron chi connectivity index (χ3n) is 10.4. The van der Waals surface area contributed by atoms with Crippen molar-refractivity contribution in [3.8, 4) is 0 Å². The number of hydrogen-bond acceptors (Lipinski definition) is 6. The van der Waals surface area contributed by atoms with Crippen molar-refractivity contribution in [2.45, 2.75) is 109 Å². The van der Waals surface area contributed by atoms with Crippen LogP contribution in [0.2, 0.25) is 0 Å². The number of ketones is 1. The van der Waals surface area contributed by atoms with Crippen LogP contribution in [0, 0.1) is 28.6 Å². The highest BCUT2D eigenvalue weighted by Crippen LogP contribution is 2.68. The van der Waals surface area contributed by atoms with Gasteiger partial charge in [-0.15, -0.1) is 0 Å². The second-order valence-electron chi connectivity index (χ2n) is 12.0. The van der Waals surface area contributed by atoms with E-state index in [1.807, 2.05) is 6.92 Å². The Kier molecular flexibility index (Phi) is 5.85. The fraction of sp³-hybridized carbons (Fsp3) is 0.815. The monoisotopic (exact) mass is 474 g/mol. The van der Waals surface area contributed by atoms with Crippen LogP contribution in [0.5, 0.6) is 0 Å². The zero-order chi connectivity index (χ0) is 24.3. The van der Waals surface area contributed by atoms with Gasteiger partial charge in [-0.05, 0) is 93.5 Å². The van der Waals surface area contributed by atoms with Crippen LogP contribution < -0.4 is 0 Å². The molecular formula is C27H38O7. The lowest BCUT2D eigenvalue weighted by Gasteiger charge is -2.60. The van der Waals surface area contributed by atoms with E-state index in [-0.39, 0.29) is 47.9 Å². The van der Waals surface area contributed by atoms with E-state index in [0.717, 1.165) is 56.9 Å². The summed E-state index contributed by atoms with van der Waals surface area (Å²) in [6.07, 6.45) is 8.64. The molecule has 7 atom stereocenters. The number of aliphatic hydroxyl groups excluding tert-OH is 1. The molecule has 5 rings (SSSR count). The Morgan fingerprint density at radius 2 is 1.76 bits per heavy atom. The Morgan fingerprint density at radius 3 is 2.47 bits per heavy atom. The molecule has 0 aromatic heterocycles. The second-order valence-corrected chi connectivity index (χ2v) is 12.0. The first-order valence-corrected chi connectivity index (χ1v) is 13.2. The van der Waals surface area contributed by atoms with Gasteiger partial charge in [-0.25, -0.2) is 9.59 Å². The first-order valence-electron chi connectivity index (χ1n) is 13.2. The number of allylic oxidation sites excluding steroid dienone is 1. The molecule has 0 spiro atoms. The zero-order valence-corrected chi connectivity index (χ0v) is 20.4. The maximum absolute atomic E-state index is 12.8. The quantitative estimate of drug-likeness (QED) is 0.565. The van der Waals surface area contributed by atoms with E-state index >= 15 is 0 Å². The smallest absolute Gasteiger partial charge is 0.478 e. The molecule has 0 amide bonds. The van der Waals surface area contributed by atoms with Crippen molar-refractivity contribution in [3.63, 3.8) is 0 Å². The first kappa shape index (κ1) is 23.8. The third-order valence-corrected chi connectivity index (χ3v) is 10.4. The first-order chi connectivity index (χ1) is 16.1. The molecule has 0 bridgehead atoms. The molecule has 0 aromatic rings. The van der Waals surface area contributed by atoms with Gasteiger partial charge in [0.05, 0.1) is 6.10 Å². The van der Waals surface area contributed by atoms with Crippen LogP contribution in [0.25, 0.3) is 0 Å². The summed E-state index contributed by atoms with van der Waals surface area (Å²) < 4.78 is 11.3. The number of carboxylic acid groups (broad SMARTS) is 1. The molecule has 5 aliphatic carbocycles. The molecule has 2 unspecified atom stereocenters. The van der Waals surface area contributed by atoms with Crippen molar-refractivity contribution < 1.29 is 34.1 Å². The molecule has 188 valence electrons. The van der Waals surface area contributed by atoms with Crippen LogP contribution in [0.1, 0.15) is 90.9 Å². The van der Waals surface area contributed by atoms with Crippen LogP contribution in [-0.2, 0) is 19.1 Å². The van der Waals surface area contributed by atoms with Crippen molar-refractivity contribution >= 4 is 17.9 Å². The Balaban J connectivity index is 1.42. The maximum Gasteiger partial charge on any atom is 0.509 e. The lowest BCUT2D eigenvalue weighted by atomic mass is 9.45. The molecule has 5 aliphatic rings. The maximum atomic E-state index is 12.8. The van der Waals surface area contributed by atoms with E-state index in [2.05, 4.69) is 6.92 Å². The van der Waals surface area contributed by atoms with Gasteiger partial charge >= 0.3 is 12.1 Å². The summed E-state index contributed by atoms with van der Waals surface area (Å²) in [5, 5.41) is 21.9. The predicted molar refractivity (Wildman–Crippen MR) is 123 cm³/mol. The predicted octanol–water partition coefficient (Wildman–Crippen LogP) is 4.80. The summed E-state index contributed by atoms with van der Waals surface area (Å²) in [6, 6.07) is 0. The fourth-order valence-electron chi connectivity index (χ4n) is 8.72. The molecule has 0 heterocycles. The Labute approximate surface area is 201 Å². The minimum Gasteiger partial charge on any atom is -0.478 e. The molecule has 34 heavy (non-hydrogen) atoms. The summed E-state index contributed by atoms with van der Waals surface area (Å²) in [6.45, 7) is 4.07. The van der Waals surface area contributed by atoms with Crippen molar-refractivity contribution in [2.75, 3.05) is 0 Å². The molecule has 0 aliphatic heterocycles. The molecule has 0 radical (unpaired) electrons. The largest absolute Gasteiger partial charge is 0.509 e. The lowest BCUT2D eigenvalue weighted by Crippen LogP contribution is -2.62. The Hall–Kier alpha value is -1.89. The van der Waals surface area contributed by atoms with Gasteiger partial charge in [0.1, 0.15) is 6.10 Å². The van der Waals surface area contributed by atoms with Crippen molar-refractivity contribution in [2.24, 2.45) is 28.6 Å². The number of rotatable bonds is 3. The SMILES string of the molecule is C[C@]12CCC(=O)C=C1CC[C@@H]1[C@H]2C(O)C[C@@]2(C)[C@H]1CCC2(OC(=O)OC1CCCCC1)C(=O)O. The number of carbonyl (C=O) groups is 3. The normalized spacial score (nSPS) is 44.3. The Morgan fingerprint density at radius 1 is 1.03 bits per heavy atom. The molecule has 7 heteroatoms. The van der Waals surface area contributed by atoms with E-state index in [9.17, 15) is 24.6 Å². The van der Waals surface area contributed by atoms with Gasteiger partial charge in [0, 0.05) is 11.8 Å². The summed E-state index contributed by atoms with van der Waals surface area (Å²) in [5.74, 6) is -0.845. The van der Waals surface area contributed by atoms with Gasteiger partial charge in [0.25, 0.3) is 0 Å². The minimum atomic E-state index is -1.70. The Bertz CT molecular complexity index is 905. The highest BCUT2D eigenvalue weighted by molar-refractivity contribution is 5.91. The average Bonchev–Trinajstić information content (AvgIpc) is 3.07. The number of aliphatic hydroxyl groups is 1. The molecule has 0 aromatic carbocycles. The summed E-state index contributed by atoms with van der Waals surface area (Å²) in [7, 11) is 0. The molecule has 2 N–H and O–H groups in total. The average molecular weight is 475 g/mol. The van der Waals surface area contributed by atoms with Gasteiger partial charge in [-0.1, -0.05) is 25.8 Å². The number of ether oxygens (including phenoxy) is 2. The summed E-state index contributed by atoms with van der Waals surface area (Å²) in [5.41, 5.74) is -1.68. The van der Waals surface area contributed by atoms with Crippen LogP contribution in [-0.4, -0.2) is 45.9 Å². The molecule has 7 nitrogen and oxygen atoms in total. The van der Waals surface area contributed by atoms with E-state index in [1.54, 1.807) is 6.08 Å². The van der Waals surface area contributed by atoms with E-state index in [4.69, 9.17) is 9.47 Å². The third kappa shape index (κ3) is 3.44. The highest BCUT2D eigenvalue weighted by atomic mass is 16.7. The van der Waals surface area contributed by atoms with Gasteiger partial charge in [-0.2, -0.15) is 0 Å². The number of hydrogen-bond donors (Lipinski definition) is 2. The van der Waals surface area contributed by atoms with Crippen molar-refractivity contribution in [1.82, 2.24) is 0 Å². The van der Waals surface area contributed by atoms with Crippen LogP contribution in [0.4, 0.5) is 4.79 Å². The standard InChI is InChI=1S/C27H38O7/c1-25-12-10-17(28)14-16(25)8-9-19-20-11-13-27(23(30)31,26(20,2)15-21(29)22(19)25)34-24(32)33-18-6-4-3-5-7-18/h14,18-22,29H,3-13,15H2,1-2H3,(H,30,31)/t19-,20-,21?,22-,25-,26-,27?/m0/s1. The highest BCUT2D eigenvalue weighted by Gasteiger charge is 2.71. The molecule has 4 fully saturated rings. The lowest BCUT2D eigenvalue weighted by molar-refractivity contribution is -0.200. The number of fused-ring (bicyclic) bond motifs is 5. The second kappa shape index (κ2) is 8.35. The molecule has 0 saturated heterocycles. The van der Waals surface area contributed by atoms with Crippen LogP contribution in [0.3, 0.4) is 0 Å². The van der Waals surface area contributed by atoms with Crippen molar-refractivity contribution in [1.29, 1.82) is 0 Å². The van der Waals surface area contributed by atoms with Gasteiger partial charge < -0.3 is 19.7 Å². The van der Waals surface area contributed by atoms with E-state index in [0.29, 0.717) is 12.8 Å². The minimum absolute atomic E-state index is 0.0162. The summed E-state index contributed by atoms with van der Waals surface area (Å²) in [4.78, 5) is 37.6. The van der Waals surface area contributed by atoms with E-state index in [1.165, 1.54) is 0 Å². The fourth-order valence-corrected chi connectivity index (χ4v) is 8.72. The van der Waals surface area contributed by atoms with Gasteiger partial charge in [0.2, 0.25) is 5.60 Å². The van der Waals surface area contributed by atoms with Crippen LogP contribution >= 0.6 is 0 Å². The topological polar surface area (TPSA) is 110 Å². The van der Waals surface area contributed by atoms with Crippen molar-refractivity contribution in [3.05, 3.63) is 11.6 Å². The number of aliphatic carboxylic acids is 1. The number of carboxylic acids is 1. The molecular weight excluding hydrogens is 436 g/mol. The van der Waals surface area contributed by atoms with Gasteiger partial charge in [0.15, 0.2) is 5.78 Å². The zero-order valence-electron chi connectivity index (χ0n) is 20.4. The van der Waals surface area contributed by atoms with Crippen LogP contribution in [0.15, 0.2) is 11.6 Å². The van der Waals surface area contributed by atoms with Gasteiger partial charge in [-0.3, -0.25) is 4.79 Å².